The van der Waals surface area contributed by atoms with Gasteiger partial charge in [0.05, 0.1) is 6.20 Å². The van der Waals surface area contributed by atoms with Crippen molar-refractivity contribution in [1.29, 1.82) is 0 Å². The van der Waals surface area contributed by atoms with Crippen LogP contribution in [0.25, 0.3) is 11.3 Å². The van der Waals surface area contributed by atoms with E-state index in [1.165, 1.54) is 0 Å². The second kappa shape index (κ2) is 3.16. The van der Waals surface area contributed by atoms with Crippen LogP contribution in [0, 0.1) is 0 Å². The molecule has 0 radical (unpaired) electrons. The van der Waals surface area contributed by atoms with Crippen LogP contribution in [-0.2, 0) is 5.54 Å². The van der Waals surface area contributed by atoms with E-state index in [1.807, 2.05) is 20.8 Å². The molecule has 0 bridgehead atoms. The summed E-state index contributed by atoms with van der Waals surface area (Å²) in [5, 5.41) is 0. The first kappa shape index (κ1) is 10.4. The van der Waals surface area contributed by atoms with Gasteiger partial charge in [-0.05, 0) is 36.7 Å². The van der Waals surface area contributed by atoms with Gasteiger partial charge in [0.1, 0.15) is 4.60 Å². The number of nitrogens with zero attached hydrogens (tertiary/aromatic N) is 3. The van der Waals surface area contributed by atoms with Crippen molar-refractivity contribution in [3.8, 4) is 0 Å². The molecule has 15 heavy (non-hydrogen) atoms. The Kier molecular flexibility index (Phi) is 2.18. The topological polar surface area (TPSA) is 63.6 Å². The largest absolute Gasteiger partial charge is 0.329 e. The molecule has 0 spiro atoms. The van der Waals surface area contributed by atoms with Gasteiger partial charge in [0.25, 0.3) is 0 Å². The molecule has 2 aromatic heterocycles. The minimum atomic E-state index is -0.315. The van der Waals surface area contributed by atoms with Crippen molar-refractivity contribution in [3.05, 3.63) is 21.3 Å². The van der Waals surface area contributed by atoms with Crippen molar-refractivity contribution in [2.75, 3.05) is 0 Å². The average molecular weight is 271 g/mol. The van der Waals surface area contributed by atoms with Gasteiger partial charge in [-0.3, -0.25) is 9.55 Å². The number of aromatic nitrogens is 4. The van der Waals surface area contributed by atoms with Crippen molar-refractivity contribution in [1.82, 2.24) is 19.5 Å². The summed E-state index contributed by atoms with van der Waals surface area (Å²) in [6, 6.07) is 0. The summed E-state index contributed by atoms with van der Waals surface area (Å²) in [5.41, 5.74) is 0.584. The summed E-state index contributed by atoms with van der Waals surface area (Å²) >= 11 is 3.24. The molecule has 0 aromatic carbocycles. The van der Waals surface area contributed by atoms with Gasteiger partial charge in [0.15, 0.2) is 11.3 Å². The Hall–Kier alpha value is -1.17. The van der Waals surface area contributed by atoms with Gasteiger partial charge in [-0.25, -0.2) is 14.8 Å². The number of imidazole rings is 1. The molecular formula is C9H11BrN4O. The molecule has 2 heterocycles. The Balaban J connectivity index is 2.89. The molecule has 6 heteroatoms. The van der Waals surface area contributed by atoms with Crippen molar-refractivity contribution >= 4 is 27.2 Å². The van der Waals surface area contributed by atoms with Crippen molar-refractivity contribution < 1.29 is 0 Å². The third kappa shape index (κ3) is 1.69. The number of fused-ring (bicyclic) bond motifs is 1. The molecule has 0 unspecified atom stereocenters. The lowest BCUT2D eigenvalue weighted by Gasteiger charge is -2.19. The Labute approximate surface area is 94.7 Å². The van der Waals surface area contributed by atoms with Crippen LogP contribution in [0.15, 0.2) is 15.6 Å². The Morgan fingerprint density at radius 3 is 2.73 bits per heavy atom. The van der Waals surface area contributed by atoms with Crippen LogP contribution >= 0.6 is 15.9 Å². The van der Waals surface area contributed by atoms with Gasteiger partial charge in [0, 0.05) is 5.54 Å². The van der Waals surface area contributed by atoms with Gasteiger partial charge in [0.2, 0.25) is 0 Å². The van der Waals surface area contributed by atoms with E-state index < -0.39 is 0 Å². The smallest absolute Gasteiger partial charge is 0.289 e. The highest BCUT2D eigenvalue weighted by molar-refractivity contribution is 9.10. The zero-order valence-corrected chi connectivity index (χ0v) is 10.3. The third-order valence-electron chi connectivity index (χ3n) is 2.04. The van der Waals surface area contributed by atoms with Gasteiger partial charge in [-0.2, -0.15) is 0 Å². The van der Waals surface area contributed by atoms with Crippen LogP contribution in [0.5, 0.6) is 0 Å². The molecule has 0 saturated heterocycles. The maximum atomic E-state index is 11.7. The number of H-pyrrole nitrogens is 1. The predicted molar refractivity (Wildman–Crippen MR) is 60.8 cm³/mol. The van der Waals surface area contributed by atoms with Crippen LogP contribution in [0.2, 0.25) is 0 Å². The monoisotopic (exact) mass is 270 g/mol. The standard InChI is InChI=1S/C9H11BrN4O/c1-9(2,3)14-7-6(13-8(14)15)11-4-5(10)12-7/h4H,1-3H3,(H,11,13,15). The van der Waals surface area contributed by atoms with Crippen LogP contribution in [0.3, 0.4) is 0 Å². The van der Waals surface area contributed by atoms with E-state index >= 15 is 0 Å². The third-order valence-corrected chi connectivity index (χ3v) is 2.42. The second-order valence-electron chi connectivity index (χ2n) is 4.30. The molecule has 2 rings (SSSR count). The molecule has 2 aromatic rings. The molecule has 80 valence electrons. The van der Waals surface area contributed by atoms with E-state index in [-0.39, 0.29) is 11.2 Å². The van der Waals surface area contributed by atoms with E-state index in [0.29, 0.717) is 15.9 Å². The summed E-state index contributed by atoms with van der Waals surface area (Å²) in [6.45, 7) is 5.85. The van der Waals surface area contributed by atoms with Crippen molar-refractivity contribution in [3.63, 3.8) is 0 Å². The minimum absolute atomic E-state index is 0.185. The normalized spacial score (nSPS) is 12.3. The lowest BCUT2D eigenvalue weighted by molar-refractivity contribution is 0.395. The molecule has 5 nitrogen and oxygen atoms in total. The highest BCUT2D eigenvalue weighted by Gasteiger charge is 2.20. The van der Waals surface area contributed by atoms with Crippen molar-refractivity contribution in [2.45, 2.75) is 26.3 Å². The number of rotatable bonds is 0. The molecule has 0 aliphatic carbocycles. The highest BCUT2D eigenvalue weighted by atomic mass is 79.9. The van der Waals surface area contributed by atoms with Gasteiger partial charge >= 0.3 is 5.69 Å². The SMILES string of the molecule is CC(C)(C)n1c(=O)[nH]c2ncc(Br)nc21. The Morgan fingerprint density at radius 2 is 2.13 bits per heavy atom. The summed E-state index contributed by atoms with van der Waals surface area (Å²) in [6.07, 6.45) is 1.56. The lowest BCUT2D eigenvalue weighted by atomic mass is 10.1. The zero-order chi connectivity index (χ0) is 11.2. The molecule has 0 fully saturated rings. The Bertz CT molecular complexity index is 563. The van der Waals surface area contributed by atoms with E-state index in [0.717, 1.165) is 0 Å². The average Bonchev–Trinajstić information content (AvgIpc) is 2.38. The first-order valence-corrected chi connectivity index (χ1v) is 5.32. The quantitative estimate of drug-likeness (QED) is 0.792. The van der Waals surface area contributed by atoms with Crippen LogP contribution < -0.4 is 5.69 Å². The van der Waals surface area contributed by atoms with E-state index in [2.05, 4.69) is 30.9 Å². The van der Waals surface area contributed by atoms with Gasteiger partial charge in [-0.1, -0.05) is 0 Å². The number of hydrogen-bond acceptors (Lipinski definition) is 3. The Morgan fingerprint density at radius 1 is 1.47 bits per heavy atom. The van der Waals surface area contributed by atoms with E-state index in [4.69, 9.17) is 0 Å². The van der Waals surface area contributed by atoms with Gasteiger partial charge < -0.3 is 0 Å². The minimum Gasteiger partial charge on any atom is -0.289 e. The van der Waals surface area contributed by atoms with Crippen LogP contribution in [0.4, 0.5) is 0 Å². The summed E-state index contributed by atoms with van der Waals surface area (Å²) < 4.78 is 2.21. The predicted octanol–water partition coefficient (Wildman–Crippen LogP) is 1.64. The number of hydrogen-bond donors (Lipinski definition) is 1. The molecule has 1 N–H and O–H groups in total. The first-order valence-electron chi connectivity index (χ1n) is 4.53. The molecule has 0 aliphatic heterocycles. The first-order chi connectivity index (χ1) is 6.89. The van der Waals surface area contributed by atoms with Crippen LogP contribution in [-0.4, -0.2) is 19.5 Å². The van der Waals surface area contributed by atoms with E-state index in [9.17, 15) is 4.79 Å². The van der Waals surface area contributed by atoms with Crippen LogP contribution in [0.1, 0.15) is 20.8 Å². The highest BCUT2D eigenvalue weighted by Crippen LogP contribution is 2.17. The van der Waals surface area contributed by atoms with Crippen molar-refractivity contribution in [2.24, 2.45) is 0 Å². The van der Waals surface area contributed by atoms with Gasteiger partial charge in [-0.15, -0.1) is 0 Å². The summed E-state index contributed by atoms with van der Waals surface area (Å²) in [4.78, 5) is 22.7. The maximum absolute atomic E-state index is 11.7. The fraction of sp³-hybridized carbons (Fsp3) is 0.444. The molecule has 0 saturated carbocycles. The summed E-state index contributed by atoms with van der Waals surface area (Å²) in [5.74, 6) is 0. The lowest BCUT2D eigenvalue weighted by Crippen LogP contribution is -2.32. The molecule has 0 amide bonds. The fourth-order valence-electron chi connectivity index (χ4n) is 1.48. The maximum Gasteiger partial charge on any atom is 0.329 e. The molecular weight excluding hydrogens is 260 g/mol. The second-order valence-corrected chi connectivity index (χ2v) is 5.11. The number of aromatic amines is 1. The molecule has 0 aliphatic rings. The molecule has 0 atom stereocenters. The number of halogens is 1. The fourth-order valence-corrected chi connectivity index (χ4v) is 1.75. The summed E-state index contributed by atoms with van der Waals surface area (Å²) in [7, 11) is 0. The number of nitrogens with one attached hydrogen (secondary N) is 1. The van der Waals surface area contributed by atoms with E-state index in [1.54, 1.807) is 10.8 Å². The zero-order valence-electron chi connectivity index (χ0n) is 8.71.